The van der Waals surface area contributed by atoms with E-state index in [2.05, 4.69) is 10.6 Å². The Hall–Kier alpha value is -5.19. The molecule has 3 amide bonds. The number of anilines is 1. The second-order valence-corrected chi connectivity index (χ2v) is 12.3. The number of amides is 3. The number of hydrogen-bond donors (Lipinski definition) is 4. The SMILES string of the molecule is CC(C)(C)OC(=O)N(C[C@H](O)c1cccc(NC(=O)[C@@H](NC(=O)OCc2ccccc2)c2ccccc2)c1)[C@H](CO)Cc1ccccc1. The molecule has 0 saturated heterocycles. The minimum atomic E-state index is -1.18. The summed E-state index contributed by atoms with van der Waals surface area (Å²) in [6.45, 7) is 4.76. The fourth-order valence-electron chi connectivity index (χ4n) is 5.01. The van der Waals surface area contributed by atoms with Crippen LogP contribution in [-0.4, -0.2) is 58.0 Å². The highest BCUT2D eigenvalue weighted by molar-refractivity contribution is 5.97. The molecule has 48 heavy (non-hydrogen) atoms. The molecular formula is C38H43N3O7. The molecule has 0 spiro atoms. The number of rotatable bonds is 13. The molecule has 0 fully saturated rings. The number of hydrogen-bond acceptors (Lipinski definition) is 7. The second kappa shape index (κ2) is 17.1. The van der Waals surface area contributed by atoms with Crippen molar-refractivity contribution in [3.63, 3.8) is 0 Å². The van der Waals surface area contributed by atoms with Crippen molar-refractivity contribution in [3.05, 3.63) is 138 Å². The van der Waals surface area contributed by atoms with E-state index in [0.29, 0.717) is 23.2 Å². The van der Waals surface area contributed by atoms with Crippen molar-refractivity contribution in [2.24, 2.45) is 0 Å². The minimum Gasteiger partial charge on any atom is -0.445 e. The predicted octanol–water partition coefficient (Wildman–Crippen LogP) is 6.17. The molecule has 3 atom stereocenters. The average molecular weight is 654 g/mol. The van der Waals surface area contributed by atoms with Gasteiger partial charge in [-0.1, -0.05) is 103 Å². The van der Waals surface area contributed by atoms with Gasteiger partial charge in [0.05, 0.1) is 25.3 Å². The van der Waals surface area contributed by atoms with Gasteiger partial charge in [-0.05, 0) is 61.6 Å². The minimum absolute atomic E-state index is 0.0402. The Morgan fingerprint density at radius 1 is 0.792 bits per heavy atom. The maximum Gasteiger partial charge on any atom is 0.410 e. The molecule has 0 unspecified atom stereocenters. The van der Waals surface area contributed by atoms with Crippen molar-refractivity contribution in [1.82, 2.24) is 10.2 Å². The van der Waals surface area contributed by atoms with Crippen LogP contribution < -0.4 is 10.6 Å². The zero-order chi connectivity index (χ0) is 34.5. The maximum atomic E-state index is 13.6. The molecule has 0 saturated carbocycles. The molecule has 10 heteroatoms. The summed E-state index contributed by atoms with van der Waals surface area (Å²) in [5, 5.41) is 27.1. The van der Waals surface area contributed by atoms with Gasteiger partial charge >= 0.3 is 12.2 Å². The maximum absolute atomic E-state index is 13.6. The Balaban J connectivity index is 1.49. The highest BCUT2D eigenvalue weighted by atomic mass is 16.6. The molecule has 0 aliphatic carbocycles. The molecule has 0 aromatic heterocycles. The lowest BCUT2D eigenvalue weighted by Gasteiger charge is -2.34. The Morgan fingerprint density at radius 3 is 1.98 bits per heavy atom. The normalized spacial score (nSPS) is 13.0. The van der Waals surface area contributed by atoms with Crippen LogP contribution in [0, 0.1) is 0 Å². The van der Waals surface area contributed by atoms with Gasteiger partial charge in [0, 0.05) is 5.69 Å². The van der Waals surface area contributed by atoms with E-state index in [1.54, 1.807) is 75.4 Å². The smallest absolute Gasteiger partial charge is 0.410 e. The summed E-state index contributed by atoms with van der Waals surface area (Å²) in [6.07, 6.45) is -2.27. The van der Waals surface area contributed by atoms with E-state index < -0.39 is 41.9 Å². The number of alkyl carbamates (subject to hydrolysis) is 1. The average Bonchev–Trinajstić information content (AvgIpc) is 3.08. The third-order valence-electron chi connectivity index (χ3n) is 7.37. The van der Waals surface area contributed by atoms with Gasteiger partial charge in [0.25, 0.3) is 5.91 Å². The predicted molar refractivity (Wildman–Crippen MR) is 183 cm³/mol. The first-order valence-electron chi connectivity index (χ1n) is 15.8. The van der Waals surface area contributed by atoms with Crippen LogP contribution in [0.2, 0.25) is 0 Å². The van der Waals surface area contributed by atoms with Crippen molar-refractivity contribution in [2.75, 3.05) is 18.5 Å². The van der Waals surface area contributed by atoms with Gasteiger partial charge in [0.1, 0.15) is 18.2 Å². The zero-order valence-corrected chi connectivity index (χ0v) is 27.4. The first kappa shape index (κ1) is 35.7. The third kappa shape index (κ3) is 11.0. The summed E-state index contributed by atoms with van der Waals surface area (Å²) in [4.78, 5) is 41.0. The van der Waals surface area contributed by atoms with Crippen LogP contribution in [0.3, 0.4) is 0 Å². The number of benzene rings is 4. The number of carbonyl (C=O) groups excluding carboxylic acids is 3. The quantitative estimate of drug-likeness (QED) is 0.136. The number of ether oxygens (including phenoxy) is 2. The third-order valence-corrected chi connectivity index (χ3v) is 7.37. The summed E-state index contributed by atoms with van der Waals surface area (Å²) >= 11 is 0. The van der Waals surface area contributed by atoms with Gasteiger partial charge < -0.3 is 30.3 Å². The molecule has 0 radical (unpaired) electrons. The molecule has 0 aliphatic heterocycles. The van der Waals surface area contributed by atoms with E-state index in [9.17, 15) is 24.6 Å². The summed E-state index contributed by atoms with van der Waals surface area (Å²) in [6, 6.07) is 32.3. The lowest BCUT2D eigenvalue weighted by molar-refractivity contribution is -0.118. The Labute approximate surface area is 281 Å². The van der Waals surface area contributed by atoms with Crippen molar-refractivity contribution in [1.29, 1.82) is 0 Å². The van der Waals surface area contributed by atoms with Crippen molar-refractivity contribution >= 4 is 23.8 Å². The number of aliphatic hydroxyl groups excluding tert-OH is 2. The van der Waals surface area contributed by atoms with Gasteiger partial charge in [-0.15, -0.1) is 0 Å². The van der Waals surface area contributed by atoms with Crippen LogP contribution in [-0.2, 0) is 27.3 Å². The number of nitrogens with zero attached hydrogens (tertiary/aromatic N) is 1. The fraction of sp³-hybridized carbons (Fsp3) is 0.289. The lowest BCUT2D eigenvalue weighted by atomic mass is 10.0. The molecular weight excluding hydrogens is 610 g/mol. The van der Waals surface area contributed by atoms with Crippen LogP contribution in [0.1, 0.15) is 55.2 Å². The summed E-state index contributed by atoms with van der Waals surface area (Å²) in [7, 11) is 0. The van der Waals surface area contributed by atoms with E-state index in [1.165, 1.54) is 4.90 Å². The molecule has 4 N–H and O–H groups in total. The van der Waals surface area contributed by atoms with Crippen molar-refractivity contribution in [2.45, 2.75) is 57.6 Å². The zero-order valence-electron chi connectivity index (χ0n) is 27.4. The van der Waals surface area contributed by atoms with E-state index in [1.807, 2.05) is 60.7 Å². The molecule has 4 aromatic carbocycles. The fourth-order valence-corrected chi connectivity index (χ4v) is 5.01. The molecule has 4 aromatic rings. The van der Waals surface area contributed by atoms with Gasteiger partial charge in [-0.25, -0.2) is 9.59 Å². The highest BCUT2D eigenvalue weighted by Crippen LogP contribution is 2.24. The van der Waals surface area contributed by atoms with Crippen LogP contribution in [0.4, 0.5) is 15.3 Å². The molecule has 10 nitrogen and oxygen atoms in total. The van der Waals surface area contributed by atoms with E-state index in [4.69, 9.17) is 9.47 Å². The Kier molecular flexibility index (Phi) is 12.7. The van der Waals surface area contributed by atoms with Crippen LogP contribution in [0.15, 0.2) is 115 Å². The monoisotopic (exact) mass is 653 g/mol. The first-order chi connectivity index (χ1) is 23.0. The number of carbonyl (C=O) groups is 3. The molecule has 4 rings (SSSR count). The van der Waals surface area contributed by atoms with E-state index in [-0.39, 0.29) is 19.8 Å². The molecule has 0 bridgehead atoms. The Morgan fingerprint density at radius 2 is 1.38 bits per heavy atom. The van der Waals surface area contributed by atoms with E-state index >= 15 is 0 Å². The highest BCUT2D eigenvalue weighted by Gasteiger charge is 2.31. The number of nitrogens with one attached hydrogen (secondary N) is 2. The van der Waals surface area contributed by atoms with Gasteiger partial charge in [0.2, 0.25) is 0 Å². The first-order valence-corrected chi connectivity index (χ1v) is 15.8. The Bertz CT molecular complexity index is 1610. The lowest BCUT2D eigenvalue weighted by Crippen LogP contribution is -2.48. The van der Waals surface area contributed by atoms with Crippen molar-refractivity contribution in [3.8, 4) is 0 Å². The van der Waals surface area contributed by atoms with Crippen molar-refractivity contribution < 1.29 is 34.1 Å². The molecule has 0 aliphatic rings. The second-order valence-electron chi connectivity index (χ2n) is 12.3. The van der Waals surface area contributed by atoms with Crippen LogP contribution in [0.5, 0.6) is 0 Å². The van der Waals surface area contributed by atoms with E-state index in [0.717, 1.165) is 11.1 Å². The van der Waals surface area contributed by atoms with Gasteiger partial charge in [-0.2, -0.15) is 0 Å². The standard InChI is InChI=1S/C38H43N3O7/c1-38(2,3)48-37(46)41(32(25-42)22-27-14-7-4-8-15-27)24-33(43)30-20-13-21-31(23-30)39-35(44)34(29-18-11-6-12-19-29)40-36(45)47-26-28-16-9-5-10-17-28/h4-21,23,32-34,42-43H,22,24-26H2,1-3H3,(H,39,44)(H,40,45)/t32-,33-,34-/m0/s1. The van der Waals surface area contributed by atoms with Crippen LogP contribution >= 0.6 is 0 Å². The number of aliphatic hydroxyl groups is 2. The van der Waals surface area contributed by atoms with Crippen LogP contribution in [0.25, 0.3) is 0 Å². The summed E-state index contributed by atoms with van der Waals surface area (Å²) in [5.41, 5.74) is 2.25. The molecule has 252 valence electrons. The largest absolute Gasteiger partial charge is 0.445 e. The van der Waals surface area contributed by atoms with Gasteiger partial charge in [0.15, 0.2) is 0 Å². The molecule has 0 heterocycles. The topological polar surface area (TPSA) is 137 Å². The summed E-state index contributed by atoms with van der Waals surface area (Å²) < 4.78 is 11.0. The van der Waals surface area contributed by atoms with Gasteiger partial charge in [-0.3, -0.25) is 9.69 Å². The summed E-state index contributed by atoms with van der Waals surface area (Å²) in [5.74, 6) is -0.525.